The molecular formula is C24H26ClN7O2. The van der Waals surface area contributed by atoms with E-state index in [4.69, 9.17) is 21.9 Å². The van der Waals surface area contributed by atoms with E-state index in [9.17, 15) is 4.79 Å². The fraction of sp³-hybridized carbons (Fsp3) is 0.250. The highest BCUT2D eigenvalue weighted by Gasteiger charge is 2.24. The molecule has 10 heteroatoms. The predicted molar refractivity (Wildman–Crippen MR) is 134 cm³/mol. The molecule has 0 aliphatic heterocycles. The van der Waals surface area contributed by atoms with Gasteiger partial charge < -0.3 is 20.9 Å². The van der Waals surface area contributed by atoms with Crippen molar-refractivity contribution in [3.63, 3.8) is 0 Å². The minimum absolute atomic E-state index is 0.0606. The number of aromatic nitrogens is 4. The molecule has 9 nitrogen and oxygen atoms in total. The molecule has 0 bridgehead atoms. The van der Waals surface area contributed by atoms with E-state index in [0.717, 1.165) is 23.2 Å². The molecule has 4 rings (SSSR count). The number of hydrogen-bond acceptors (Lipinski definition) is 7. The Kier molecular flexibility index (Phi) is 6.83. The third-order valence-electron chi connectivity index (χ3n) is 5.13. The van der Waals surface area contributed by atoms with E-state index in [1.165, 1.54) is 4.68 Å². The van der Waals surface area contributed by atoms with Crippen LogP contribution in [0.5, 0.6) is 0 Å². The predicted octanol–water partition coefficient (Wildman–Crippen LogP) is 4.86. The van der Waals surface area contributed by atoms with Crippen molar-refractivity contribution in [3.8, 4) is 22.8 Å². The summed E-state index contributed by atoms with van der Waals surface area (Å²) in [5, 5.41) is 15.4. The maximum atomic E-state index is 12.8. The Morgan fingerprint density at radius 3 is 2.62 bits per heavy atom. The SMILES string of the molecule is CCc1ccccc1NC(=O)Cn1nc(NC(C)C)c(-c2nc(-c3ccc(Cl)cc3)no2)c1N. The van der Waals surface area contributed by atoms with Crippen LogP contribution in [-0.4, -0.2) is 31.9 Å². The molecule has 176 valence electrons. The van der Waals surface area contributed by atoms with Gasteiger partial charge in [-0.25, -0.2) is 4.68 Å². The minimum Gasteiger partial charge on any atom is -0.383 e. The van der Waals surface area contributed by atoms with Crippen molar-refractivity contribution in [2.75, 3.05) is 16.4 Å². The highest BCUT2D eigenvalue weighted by molar-refractivity contribution is 6.30. The van der Waals surface area contributed by atoms with Crippen molar-refractivity contribution in [1.29, 1.82) is 0 Å². The van der Waals surface area contributed by atoms with Crippen LogP contribution in [0.3, 0.4) is 0 Å². The van der Waals surface area contributed by atoms with Gasteiger partial charge in [-0.1, -0.05) is 41.9 Å². The van der Waals surface area contributed by atoms with Gasteiger partial charge in [-0.3, -0.25) is 4.79 Å². The van der Waals surface area contributed by atoms with Crippen molar-refractivity contribution in [3.05, 3.63) is 59.1 Å². The smallest absolute Gasteiger partial charge is 0.265 e. The van der Waals surface area contributed by atoms with Gasteiger partial charge >= 0.3 is 0 Å². The lowest BCUT2D eigenvalue weighted by Crippen LogP contribution is -2.21. The van der Waals surface area contributed by atoms with E-state index in [1.54, 1.807) is 24.3 Å². The molecule has 0 aliphatic rings. The number of para-hydroxylation sites is 1. The molecule has 0 spiro atoms. The van der Waals surface area contributed by atoms with Gasteiger partial charge in [0.1, 0.15) is 17.9 Å². The highest BCUT2D eigenvalue weighted by atomic mass is 35.5. The lowest BCUT2D eigenvalue weighted by molar-refractivity contribution is -0.116. The van der Waals surface area contributed by atoms with Crippen LogP contribution in [-0.2, 0) is 17.8 Å². The number of halogens is 1. The molecule has 1 amide bonds. The normalized spacial score (nSPS) is 11.1. The van der Waals surface area contributed by atoms with Crippen molar-refractivity contribution >= 4 is 34.8 Å². The Balaban J connectivity index is 1.63. The summed E-state index contributed by atoms with van der Waals surface area (Å²) in [6, 6.07) is 14.8. The van der Waals surface area contributed by atoms with E-state index >= 15 is 0 Å². The number of rotatable bonds is 8. The van der Waals surface area contributed by atoms with Gasteiger partial charge in [0.25, 0.3) is 5.89 Å². The van der Waals surface area contributed by atoms with E-state index in [1.807, 2.05) is 45.0 Å². The Labute approximate surface area is 202 Å². The number of amides is 1. The summed E-state index contributed by atoms with van der Waals surface area (Å²) in [5.74, 6) is 1.05. The van der Waals surface area contributed by atoms with Crippen molar-refractivity contribution in [2.45, 2.75) is 39.8 Å². The molecule has 0 atom stereocenters. The second kappa shape index (κ2) is 9.96. The molecular weight excluding hydrogens is 454 g/mol. The maximum absolute atomic E-state index is 12.8. The zero-order valence-electron chi connectivity index (χ0n) is 19.2. The molecule has 4 aromatic rings. The Morgan fingerprint density at radius 2 is 1.91 bits per heavy atom. The Bertz CT molecular complexity index is 1300. The number of hydrogen-bond donors (Lipinski definition) is 3. The van der Waals surface area contributed by atoms with Gasteiger partial charge in [-0.2, -0.15) is 10.1 Å². The molecule has 0 aliphatic carbocycles. The molecule has 4 N–H and O–H groups in total. The van der Waals surface area contributed by atoms with Crippen molar-refractivity contribution in [1.82, 2.24) is 19.9 Å². The number of nitrogens with zero attached hydrogens (tertiary/aromatic N) is 4. The van der Waals surface area contributed by atoms with E-state index in [2.05, 4.69) is 25.9 Å². The number of carbonyl (C=O) groups is 1. The van der Waals surface area contributed by atoms with Crippen LogP contribution in [0.1, 0.15) is 26.3 Å². The number of nitrogen functional groups attached to an aromatic ring is 1. The first-order chi connectivity index (χ1) is 16.4. The Hall–Kier alpha value is -3.85. The number of benzene rings is 2. The quantitative estimate of drug-likeness (QED) is 0.329. The third-order valence-corrected chi connectivity index (χ3v) is 5.38. The lowest BCUT2D eigenvalue weighted by Gasteiger charge is -2.10. The first kappa shape index (κ1) is 23.3. The van der Waals surface area contributed by atoms with Gasteiger partial charge in [0.05, 0.1) is 0 Å². The second-order valence-electron chi connectivity index (χ2n) is 8.05. The lowest BCUT2D eigenvalue weighted by atomic mass is 10.1. The van der Waals surface area contributed by atoms with Gasteiger partial charge in [0.15, 0.2) is 5.82 Å². The number of carbonyl (C=O) groups excluding carboxylic acids is 1. The molecule has 34 heavy (non-hydrogen) atoms. The molecule has 0 saturated heterocycles. The summed E-state index contributed by atoms with van der Waals surface area (Å²) in [6.45, 7) is 5.91. The van der Waals surface area contributed by atoms with E-state index in [0.29, 0.717) is 22.2 Å². The first-order valence-corrected chi connectivity index (χ1v) is 11.3. The number of aryl methyl sites for hydroxylation is 1. The fourth-order valence-corrected chi connectivity index (χ4v) is 3.62. The average molecular weight is 480 g/mol. The standard InChI is InChI=1S/C24H26ClN7O2/c1-4-15-7-5-6-8-18(15)28-19(33)13-32-21(26)20(23(30-32)27-14(2)3)24-29-22(31-34-24)16-9-11-17(25)12-10-16/h5-12,14H,4,13,26H2,1-3H3,(H,27,30)(H,28,33). The van der Waals surface area contributed by atoms with Gasteiger partial charge in [-0.05, 0) is 56.2 Å². The molecule has 2 heterocycles. The van der Waals surface area contributed by atoms with Crippen LogP contribution in [0.2, 0.25) is 5.02 Å². The number of nitrogens with two attached hydrogens (primary N) is 1. The second-order valence-corrected chi connectivity index (χ2v) is 8.49. The summed E-state index contributed by atoms with van der Waals surface area (Å²) in [5.41, 5.74) is 9.43. The zero-order valence-corrected chi connectivity index (χ0v) is 19.9. The van der Waals surface area contributed by atoms with E-state index < -0.39 is 0 Å². The van der Waals surface area contributed by atoms with Crippen LogP contribution >= 0.6 is 11.6 Å². The highest BCUT2D eigenvalue weighted by Crippen LogP contribution is 2.34. The van der Waals surface area contributed by atoms with Crippen molar-refractivity contribution < 1.29 is 9.32 Å². The van der Waals surface area contributed by atoms with Gasteiger partial charge in [0.2, 0.25) is 11.7 Å². The third kappa shape index (κ3) is 5.04. The van der Waals surface area contributed by atoms with Crippen LogP contribution in [0.4, 0.5) is 17.3 Å². The molecule has 0 unspecified atom stereocenters. The summed E-state index contributed by atoms with van der Waals surface area (Å²) in [6.07, 6.45) is 0.806. The summed E-state index contributed by atoms with van der Waals surface area (Å²) >= 11 is 5.97. The van der Waals surface area contributed by atoms with Crippen LogP contribution in [0.25, 0.3) is 22.8 Å². The van der Waals surface area contributed by atoms with Gasteiger partial charge in [-0.15, -0.1) is 0 Å². The molecule has 2 aromatic carbocycles. The van der Waals surface area contributed by atoms with Gasteiger partial charge in [0, 0.05) is 22.3 Å². The minimum atomic E-state index is -0.245. The molecule has 2 aromatic heterocycles. The molecule has 0 radical (unpaired) electrons. The summed E-state index contributed by atoms with van der Waals surface area (Å²) in [4.78, 5) is 17.3. The van der Waals surface area contributed by atoms with Crippen LogP contribution < -0.4 is 16.4 Å². The van der Waals surface area contributed by atoms with E-state index in [-0.39, 0.29) is 30.2 Å². The topological polar surface area (TPSA) is 124 Å². The summed E-state index contributed by atoms with van der Waals surface area (Å²) in [7, 11) is 0. The monoisotopic (exact) mass is 479 g/mol. The van der Waals surface area contributed by atoms with Crippen LogP contribution in [0.15, 0.2) is 53.1 Å². The number of anilines is 3. The maximum Gasteiger partial charge on any atom is 0.265 e. The largest absolute Gasteiger partial charge is 0.383 e. The average Bonchev–Trinajstić information content (AvgIpc) is 3.39. The summed E-state index contributed by atoms with van der Waals surface area (Å²) < 4.78 is 6.94. The first-order valence-electron chi connectivity index (χ1n) is 11.0. The Morgan fingerprint density at radius 1 is 1.18 bits per heavy atom. The van der Waals surface area contributed by atoms with Crippen molar-refractivity contribution in [2.24, 2.45) is 0 Å². The molecule has 0 fully saturated rings. The fourth-order valence-electron chi connectivity index (χ4n) is 3.50. The molecule has 0 saturated carbocycles. The van der Waals surface area contributed by atoms with Crippen LogP contribution in [0, 0.1) is 0 Å². The number of nitrogens with one attached hydrogen (secondary N) is 2. The zero-order chi connectivity index (χ0) is 24.2.